The number of ether oxygens (including phenoxy) is 1. The lowest BCUT2D eigenvalue weighted by Gasteiger charge is -2.05. The second-order valence-electron chi connectivity index (χ2n) is 2.31. The van der Waals surface area contributed by atoms with Gasteiger partial charge in [0.2, 0.25) is 0 Å². The van der Waals surface area contributed by atoms with Gasteiger partial charge in [0.25, 0.3) is 5.91 Å². The normalized spacial score (nSPS) is 9.77. The van der Waals surface area contributed by atoms with E-state index < -0.39 is 11.7 Å². The third-order valence-corrected chi connectivity index (χ3v) is 2.54. The molecule has 0 radical (unpaired) electrons. The number of hydrogen-bond donors (Lipinski definition) is 1. The summed E-state index contributed by atoms with van der Waals surface area (Å²) in [4.78, 5) is 10.7. The quantitative estimate of drug-likeness (QED) is 0.841. The summed E-state index contributed by atoms with van der Waals surface area (Å²) in [6, 6.07) is 2.81. The number of methoxy groups -OCH3 is 1. The van der Waals surface area contributed by atoms with Gasteiger partial charge in [0.1, 0.15) is 5.75 Å². The summed E-state index contributed by atoms with van der Waals surface area (Å²) in [6.07, 6.45) is 0. The van der Waals surface area contributed by atoms with Crippen LogP contribution in [0.2, 0.25) is 0 Å². The maximum atomic E-state index is 13.3. The fourth-order valence-electron chi connectivity index (χ4n) is 0.880. The average Bonchev–Trinajstić information content (AvgIpc) is 2.09. The predicted molar refractivity (Wildman–Crippen MR) is 54.2 cm³/mol. The summed E-state index contributed by atoms with van der Waals surface area (Å²) in [5.74, 6) is -1.02. The Morgan fingerprint density at radius 3 is 2.69 bits per heavy atom. The summed E-state index contributed by atoms with van der Waals surface area (Å²) in [7, 11) is 1.43. The highest BCUT2D eigenvalue weighted by Crippen LogP contribution is 2.25. The molecule has 5 heteroatoms. The maximum absolute atomic E-state index is 13.3. The van der Waals surface area contributed by atoms with E-state index in [2.05, 4.69) is 0 Å². The first-order valence-corrected chi connectivity index (χ1v) is 4.47. The molecule has 70 valence electrons. The third kappa shape index (κ3) is 1.90. The van der Waals surface area contributed by atoms with Crippen LogP contribution in [-0.4, -0.2) is 13.0 Å². The van der Waals surface area contributed by atoms with Crippen molar-refractivity contribution in [3.63, 3.8) is 0 Å². The zero-order valence-electron chi connectivity index (χ0n) is 6.80. The molecular formula is C8H7FINO2. The molecule has 3 nitrogen and oxygen atoms in total. The Morgan fingerprint density at radius 2 is 2.23 bits per heavy atom. The Hall–Kier alpha value is -0.850. The molecule has 1 aromatic carbocycles. The van der Waals surface area contributed by atoms with Gasteiger partial charge in [-0.15, -0.1) is 0 Å². The van der Waals surface area contributed by atoms with Gasteiger partial charge in [-0.25, -0.2) is 4.39 Å². The number of amides is 1. The standard InChI is InChI=1S/C8H7FINO2/c1-13-5-3-2-4(8(11)12)6(9)7(5)10/h2-3H,1H3,(H2,11,12). The minimum absolute atomic E-state index is 0.120. The second kappa shape index (κ2) is 3.91. The van der Waals surface area contributed by atoms with E-state index in [1.807, 2.05) is 0 Å². The van der Waals surface area contributed by atoms with Crippen molar-refractivity contribution in [3.8, 4) is 5.75 Å². The van der Waals surface area contributed by atoms with Gasteiger partial charge in [0.15, 0.2) is 5.82 Å². The van der Waals surface area contributed by atoms with E-state index in [9.17, 15) is 9.18 Å². The fourth-order valence-corrected chi connectivity index (χ4v) is 1.57. The molecular weight excluding hydrogens is 288 g/mol. The van der Waals surface area contributed by atoms with Crippen LogP contribution in [0.15, 0.2) is 12.1 Å². The van der Waals surface area contributed by atoms with Crippen molar-refractivity contribution in [2.24, 2.45) is 5.73 Å². The molecule has 1 amide bonds. The van der Waals surface area contributed by atoms with Gasteiger partial charge >= 0.3 is 0 Å². The molecule has 0 atom stereocenters. The zero-order chi connectivity index (χ0) is 10.0. The van der Waals surface area contributed by atoms with Gasteiger partial charge in [0.05, 0.1) is 16.2 Å². The molecule has 0 aliphatic rings. The Morgan fingerprint density at radius 1 is 1.62 bits per heavy atom. The molecule has 2 N–H and O–H groups in total. The lowest BCUT2D eigenvalue weighted by atomic mass is 10.2. The molecule has 0 heterocycles. The van der Waals surface area contributed by atoms with E-state index in [-0.39, 0.29) is 9.13 Å². The molecule has 0 fully saturated rings. The summed E-state index contributed by atoms with van der Waals surface area (Å²) < 4.78 is 18.4. The first kappa shape index (κ1) is 10.2. The van der Waals surface area contributed by atoms with Gasteiger partial charge in [-0.2, -0.15) is 0 Å². The summed E-state index contributed by atoms with van der Waals surface area (Å²) in [5, 5.41) is 0. The Bertz CT molecular complexity index is 354. The average molecular weight is 295 g/mol. The van der Waals surface area contributed by atoms with Crippen LogP contribution < -0.4 is 10.5 Å². The van der Waals surface area contributed by atoms with Crippen molar-refractivity contribution in [3.05, 3.63) is 27.1 Å². The van der Waals surface area contributed by atoms with Gasteiger partial charge in [0, 0.05) is 0 Å². The van der Waals surface area contributed by atoms with Gasteiger partial charge in [-0.1, -0.05) is 0 Å². The topological polar surface area (TPSA) is 52.3 Å². The lowest BCUT2D eigenvalue weighted by Crippen LogP contribution is -2.14. The minimum Gasteiger partial charge on any atom is -0.496 e. The molecule has 1 rings (SSSR count). The highest BCUT2D eigenvalue weighted by molar-refractivity contribution is 14.1. The smallest absolute Gasteiger partial charge is 0.251 e. The number of primary amides is 1. The first-order valence-electron chi connectivity index (χ1n) is 3.39. The molecule has 0 unspecified atom stereocenters. The number of carbonyl (C=O) groups excluding carboxylic acids is 1. The van der Waals surface area contributed by atoms with E-state index in [1.54, 1.807) is 22.6 Å². The number of rotatable bonds is 2. The molecule has 0 aliphatic heterocycles. The highest BCUT2D eigenvalue weighted by Gasteiger charge is 2.14. The Labute approximate surface area is 88.2 Å². The zero-order valence-corrected chi connectivity index (χ0v) is 8.96. The molecule has 0 saturated carbocycles. The molecule has 0 bridgehead atoms. The third-order valence-electron chi connectivity index (χ3n) is 1.53. The van der Waals surface area contributed by atoms with Crippen molar-refractivity contribution < 1.29 is 13.9 Å². The lowest BCUT2D eigenvalue weighted by molar-refractivity contribution is 0.0996. The van der Waals surface area contributed by atoms with Crippen LogP contribution in [0.5, 0.6) is 5.75 Å². The number of benzene rings is 1. The van der Waals surface area contributed by atoms with Crippen molar-refractivity contribution in [2.75, 3.05) is 7.11 Å². The van der Waals surface area contributed by atoms with Gasteiger partial charge in [-0.3, -0.25) is 4.79 Å². The van der Waals surface area contributed by atoms with Crippen LogP contribution in [0.25, 0.3) is 0 Å². The Balaban J connectivity index is 3.31. The summed E-state index contributed by atoms with van der Waals surface area (Å²) in [6.45, 7) is 0. The monoisotopic (exact) mass is 295 g/mol. The van der Waals surface area contributed by atoms with E-state index in [0.29, 0.717) is 5.75 Å². The van der Waals surface area contributed by atoms with E-state index in [1.165, 1.54) is 19.2 Å². The molecule has 0 aliphatic carbocycles. The van der Waals surface area contributed by atoms with Crippen LogP contribution in [0.1, 0.15) is 10.4 Å². The number of halogens is 2. The number of carbonyl (C=O) groups is 1. The van der Waals surface area contributed by atoms with Crippen molar-refractivity contribution in [2.45, 2.75) is 0 Å². The number of nitrogens with two attached hydrogens (primary N) is 1. The minimum atomic E-state index is -0.780. The SMILES string of the molecule is COc1ccc(C(N)=O)c(F)c1I. The predicted octanol–water partition coefficient (Wildman–Crippen LogP) is 1.54. The summed E-state index contributed by atoms with van der Waals surface area (Å²) >= 11 is 1.76. The maximum Gasteiger partial charge on any atom is 0.251 e. The summed E-state index contributed by atoms with van der Waals surface area (Å²) in [5.41, 5.74) is 4.83. The first-order chi connectivity index (χ1) is 6.07. The Kier molecular flexibility index (Phi) is 3.07. The molecule has 0 aromatic heterocycles. The van der Waals surface area contributed by atoms with Gasteiger partial charge < -0.3 is 10.5 Å². The van der Waals surface area contributed by atoms with E-state index in [4.69, 9.17) is 10.5 Å². The van der Waals surface area contributed by atoms with Crippen LogP contribution in [0.3, 0.4) is 0 Å². The van der Waals surface area contributed by atoms with E-state index in [0.717, 1.165) is 0 Å². The van der Waals surface area contributed by atoms with Gasteiger partial charge in [-0.05, 0) is 34.7 Å². The van der Waals surface area contributed by atoms with Crippen LogP contribution >= 0.6 is 22.6 Å². The van der Waals surface area contributed by atoms with Crippen molar-refractivity contribution in [1.82, 2.24) is 0 Å². The molecule has 1 aromatic rings. The van der Waals surface area contributed by atoms with Crippen LogP contribution in [0.4, 0.5) is 4.39 Å². The number of hydrogen-bond acceptors (Lipinski definition) is 2. The molecule has 13 heavy (non-hydrogen) atoms. The highest BCUT2D eigenvalue weighted by atomic mass is 127. The van der Waals surface area contributed by atoms with E-state index >= 15 is 0 Å². The van der Waals surface area contributed by atoms with Crippen LogP contribution in [-0.2, 0) is 0 Å². The second-order valence-corrected chi connectivity index (χ2v) is 3.39. The fraction of sp³-hybridized carbons (Fsp3) is 0.125. The van der Waals surface area contributed by atoms with Crippen LogP contribution in [0, 0.1) is 9.39 Å². The largest absolute Gasteiger partial charge is 0.496 e. The van der Waals surface area contributed by atoms with Crippen molar-refractivity contribution >= 4 is 28.5 Å². The van der Waals surface area contributed by atoms with Crippen molar-refractivity contribution in [1.29, 1.82) is 0 Å². The molecule has 0 spiro atoms. The molecule has 0 saturated heterocycles.